The molecule has 0 aliphatic carbocycles. The first-order chi connectivity index (χ1) is 8.69. The maximum atomic E-state index is 11.6. The largest absolute Gasteiger partial charge is 0.459 e. The summed E-state index contributed by atoms with van der Waals surface area (Å²) in [5.74, 6) is -0.261. The molecule has 0 atom stereocenters. The Balaban J connectivity index is 1.98. The Morgan fingerprint density at radius 3 is 3.00 bits per heavy atom. The van der Waals surface area contributed by atoms with Gasteiger partial charge in [-0.25, -0.2) is 4.98 Å². The van der Waals surface area contributed by atoms with Crippen molar-refractivity contribution in [1.82, 2.24) is 10.3 Å². The Hall–Kier alpha value is -2.15. The molecule has 0 unspecified atom stereocenters. The van der Waals surface area contributed by atoms with Gasteiger partial charge < -0.3 is 9.73 Å². The van der Waals surface area contributed by atoms with Crippen molar-refractivity contribution in [1.29, 1.82) is 0 Å². The van der Waals surface area contributed by atoms with Crippen molar-refractivity contribution in [2.75, 3.05) is 12.4 Å². The highest BCUT2D eigenvalue weighted by Crippen LogP contribution is 2.17. The van der Waals surface area contributed by atoms with E-state index in [9.17, 15) is 9.59 Å². The predicted molar refractivity (Wildman–Crippen MR) is 66.5 cm³/mol. The molecule has 0 saturated carbocycles. The molecular weight excluding hydrogens is 254 g/mol. The molecule has 7 heteroatoms. The number of nitrogens with one attached hydrogen (secondary N) is 2. The Morgan fingerprint density at radius 1 is 1.50 bits per heavy atom. The average molecular weight is 265 g/mol. The number of amides is 2. The van der Waals surface area contributed by atoms with Crippen molar-refractivity contribution < 1.29 is 14.0 Å². The highest BCUT2D eigenvalue weighted by molar-refractivity contribution is 7.14. The van der Waals surface area contributed by atoms with Gasteiger partial charge in [-0.1, -0.05) is 0 Å². The molecule has 2 aromatic heterocycles. The van der Waals surface area contributed by atoms with Crippen LogP contribution < -0.4 is 10.6 Å². The Morgan fingerprint density at radius 2 is 2.33 bits per heavy atom. The lowest BCUT2D eigenvalue weighted by Gasteiger charge is -1.97. The maximum absolute atomic E-state index is 11.6. The first-order valence-corrected chi connectivity index (χ1v) is 6.07. The van der Waals surface area contributed by atoms with Crippen molar-refractivity contribution >= 4 is 28.3 Å². The van der Waals surface area contributed by atoms with Gasteiger partial charge in [0.15, 0.2) is 10.9 Å². The van der Waals surface area contributed by atoms with Gasteiger partial charge in [0.25, 0.3) is 5.91 Å². The number of carbonyl (C=O) groups excluding carboxylic acids is 2. The highest BCUT2D eigenvalue weighted by Gasteiger charge is 2.12. The van der Waals surface area contributed by atoms with Gasteiger partial charge in [-0.3, -0.25) is 14.9 Å². The molecule has 0 bridgehead atoms. The molecule has 2 heterocycles. The summed E-state index contributed by atoms with van der Waals surface area (Å²) < 4.78 is 4.96. The van der Waals surface area contributed by atoms with Crippen molar-refractivity contribution in [3.8, 4) is 0 Å². The molecule has 2 rings (SSSR count). The van der Waals surface area contributed by atoms with E-state index in [0.29, 0.717) is 10.8 Å². The van der Waals surface area contributed by atoms with E-state index >= 15 is 0 Å². The van der Waals surface area contributed by atoms with E-state index in [4.69, 9.17) is 4.42 Å². The second-order valence-electron chi connectivity index (χ2n) is 3.43. The number of hydrogen-bond acceptors (Lipinski definition) is 5. The molecule has 6 nitrogen and oxygen atoms in total. The summed E-state index contributed by atoms with van der Waals surface area (Å²) in [7, 11) is 1.56. The second kappa shape index (κ2) is 5.46. The fourth-order valence-corrected chi connectivity index (χ4v) is 1.97. The minimum atomic E-state index is -0.360. The SMILES string of the molecule is CNC(=O)Cc1csc(NC(=O)c2ccco2)n1. The van der Waals surface area contributed by atoms with Gasteiger partial charge in [-0.05, 0) is 12.1 Å². The molecule has 0 saturated heterocycles. The van der Waals surface area contributed by atoms with E-state index in [-0.39, 0.29) is 24.0 Å². The van der Waals surface area contributed by atoms with Crippen LogP contribution in [-0.2, 0) is 11.2 Å². The van der Waals surface area contributed by atoms with Crippen LogP contribution in [0.15, 0.2) is 28.2 Å². The van der Waals surface area contributed by atoms with Crippen LogP contribution in [-0.4, -0.2) is 23.8 Å². The number of thiazole rings is 1. The normalized spacial score (nSPS) is 10.1. The van der Waals surface area contributed by atoms with E-state index in [1.54, 1.807) is 24.6 Å². The molecule has 18 heavy (non-hydrogen) atoms. The first kappa shape index (κ1) is 12.3. The van der Waals surface area contributed by atoms with E-state index < -0.39 is 0 Å². The number of furan rings is 1. The first-order valence-electron chi connectivity index (χ1n) is 5.19. The lowest BCUT2D eigenvalue weighted by Crippen LogP contribution is -2.20. The molecule has 0 aliphatic heterocycles. The number of carbonyl (C=O) groups is 2. The van der Waals surface area contributed by atoms with Crippen LogP contribution in [0.5, 0.6) is 0 Å². The van der Waals surface area contributed by atoms with Gasteiger partial charge in [0.2, 0.25) is 5.91 Å². The molecule has 2 aromatic rings. The topological polar surface area (TPSA) is 84.2 Å². The summed E-state index contributed by atoms with van der Waals surface area (Å²) in [6, 6.07) is 3.20. The van der Waals surface area contributed by atoms with Gasteiger partial charge in [-0.2, -0.15) is 0 Å². The summed E-state index contributed by atoms with van der Waals surface area (Å²) in [4.78, 5) is 26.9. The summed E-state index contributed by atoms with van der Waals surface area (Å²) in [5.41, 5.74) is 0.620. The standard InChI is InChI=1S/C11H11N3O3S/c1-12-9(15)5-7-6-18-11(13-7)14-10(16)8-3-2-4-17-8/h2-4,6H,5H2,1H3,(H,12,15)(H,13,14,16). The molecule has 2 N–H and O–H groups in total. The fraction of sp³-hybridized carbons (Fsp3) is 0.182. The Kier molecular flexibility index (Phi) is 3.73. The van der Waals surface area contributed by atoms with E-state index in [1.165, 1.54) is 17.6 Å². The number of nitrogens with zero attached hydrogens (tertiary/aromatic N) is 1. The van der Waals surface area contributed by atoms with E-state index in [1.807, 2.05) is 0 Å². The number of likely N-dealkylation sites (N-methyl/N-ethyl adjacent to an activating group) is 1. The lowest BCUT2D eigenvalue weighted by atomic mass is 10.3. The number of hydrogen-bond donors (Lipinski definition) is 2. The number of aromatic nitrogens is 1. The summed E-state index contributed by atoms with van der Waals surface area (Å²) in [6.07, 6.45) is 1.62. The fourth-order valence-electron chi connectivity index (χ4n) is 1.26. The molecule has 0 aromatic carbocycles. The quantitative estimate of drug-likeness (QED) is 0.872. The van der Waals surface area contributed by atoms with Crippen LogP contribution in [0, 0.1) is 0 Å². The second-order valence-corrected chi connectivity index (χ2v) is 4.28. The minimum Gasteiger partial charge on any atom is -0.459 e. The number of rotatable bonds is 4. The van der Waals surface area contributed by atoms with Gasteiger partial charge >= 0.3 is 0 Å². The molecule has 0 spiro atoms. The molecule has 0 radical (unpaired) electrons. The monoisotopic (exact) mass is 265 g/mol. The van der Waals surface area contributed by atoms with E-state index in [0.717, 1.165) is 0 Å². The third-order valence-corrected chi connectivity index (χ3v) is 2.94. The molecule has 0 aliphatic rings. The maximum Gasteiger partial charge on any atom is 0.293 e. The van der Waals surface area contributed by atoms with Gasteiger partial charge in [-0.15, -0.1) is 11.3 Å². The van der Waals surface area contributed by atoms with Crippen molar-refractivity contribution in [2.24, 2.45) is 0 Å². The summed E-state index contributed by atoms with van der Waals surface area (Å²) >= 11 is 1.26. The average Bonchev–Trinajstić information content (AvgIpc) is 3.00. The van der Waals surface area contributed by atoms with Crippen LogP contribution in [0.1, 0.15) is 16.2 Å². The molecule has 0 fully saturated rings. The lowest BCUT2D eigenvalue weighted by molar-refractivity contribution is -0.120. The molecule has 94 valence electrons. The summed E-state index contributed by atoms with van der Waals surface area (Å²) in [6.45, 7) is 0. The van der Waals surface area contributed by atoms with Gasteiger partial charge in [0.05, 0.1) is 18.4 Å². The van der Waals surface area contributed by atoms with Gasteiger partial charge in [0, 0.05) is 12.4 Å². The van der Waals surface area contributed by atoms with Crippen LogP contribution in [0.25, 0.3) is 0 Å². The van der Waals surface area contributed by atoms with Crippen molar-refractivity contribution in [3.63, 3.8) is 0 Å². The zero-order chi connectivity index (χ0) is 13.0. The predicted octanol–water partition coefficient (Wildman–Crippen LogP) is 1.28. The highest BCUT2D eigenvalue weighted by atomic mass is 32.1. The van der Waals surface area contributed by atoms with Gasteiger partial charge in [0.1, 0.15) is 0 Å². The Labute approximate surface area is 107 Å². The molecule has 2 amide bonds. The summed E-state index contributed by atoms with van der Waals surface area (Å²) in [5, 5.41) is 7.28. The third kappa shape index (κ3) is 2.95. The Bertz CT molecular complexity index is 548. The third-order valence-electron chi connectivity index (χ3n) is 2.14. The number of anilines is 1. The van der Waals surface area contributed by atoms with Crippen LogP contribution in [0.2, 0.25) is 0 Å². The van der Waals surface area contributed by atoms with Crippen molar-refractivity contribution in [3.05, 3.63) is 35.2 Å². The molecular formula is C11H11N3O3S. The van der Waals surface area contributed by atoms with Crippen molar-refractivity contribution in [2.45, 2.75) is 6.42 Å². The zero-order valence-electron chi connectivity index (χ0n) is 9.60. The van der Waals surface area contributed by atoms with Crippen LogP contribution in [0.4, 0.5) is 5.13 Å². The zero-order valence-corrected chi connectivity index (χ0v) is 10.4. The minimum absolute atomic E-state index is 0.121. The van der Waals surface area contributed by atoms with E-state index in [2.05, 4.69) is 15.6 Å². The van der Waals surface area contributed by atoms with Crippen LogP contribution >= 0.6 is 11.3 Å². The van der Waals surface area contributed by atoms with Crippen LogP contribution in [0.3, 0.4) is 0 Å². The smallest absolute Gasteiger partial charge is 0.293 e.